The topological polar surface area (TPSA) is 71.2 Å². The van der Waals surface area contributed by atoms with Crippen LogP contribution in [0, 0.1) is 0 Å². The van der Waals surface area contributed by atoms with E-state index in [4.69, 9.17) is 5.11 Å². The van der Waals surface area contributed by atoms with Crippen LogP contribution < -0.4 is 0 Å². The molecular formula is C13H17N3O2. The number of aryl methyl sites for hydroxylation is 1. The minimum atomic E-state index is -0.110. The van der Waals surface area contributed by atoms with Crippen LogP contribution in [-0.2, 0) is 19.6 Å². The number of aliphatic hydroxyl groups excluding tert-OH is 2. The largest absolute Gasteiger partial charge is 0.396 e. The second-order valence-corrected chi connectivity index (χ2v) is 4.10. The number of hydrogen-bond acceptors (Lipinski definition) is 4. The summed E-state index contributed by atoms with van der Waals surface area (Å²) in [6, 6.07) is 10.00. The highest BCUT2D eigenvalue weighted by atomic mass is 16.3. The molecule has 1 aromatic carbocycles. The van der Waals surface area contributed by atoms with E-state index in [1.165, 1.54) is 0 Å². The molecule has 0 unspecified atom stereocenters. The molecule has 0 aliphatic carbocycles. The fraction of sp³-hybridized carbons (Fsp3) is 0.385. The van der Waals surface area contributed by atoms with Crippen LogP contribution in [0.1, 0.15) is 23.4 Å². The molecule has 1 aromatic heterocycles. The second kappa shape index (κ2) is 6.28. The Morgan fingerprint density at radius 2 is 1.89 bits per heavy atom. The van der Waals surface area contributed by atoms with Crippen LogP contribution in [0.15, 0.2) is 30.3 Å². The van der Waals surface area contributed by atoms with Gasteiger partial charge in [-0.05, 0) is 12.0 Å². The monoisotopic (exact) mass is 247 g/mol. The van der Waals surface area contributed by atoms with Gasteiger partial charge >= 0.3 is 0 Å². The second-order valence-electron chi connectivity index (χ2n) is 4.10. The van der Waals surface area contributed by atoms with Crippen molar-refractivity contribution in [1.82, 2.24) is 15.0 Å². The van der Waals surface area contributed by atoms with Crippen molar-refractivity contribution in [2.24, 2.45) is 0 Å². The zero-order valence-electron chi connectivity index (χ0n) is 10.2. The van der Waals surface area contributed by atoms with Gasteiger partial charge in [-0.15, -0.1) is 5.10 Å². The molecule has 0 spiro atoms. The van der Waals surface area contributed by atoms with Crippen LogP contribution >= 0.6 is 0 Å². The fourth-order valence-corrected chi connectivity index (χ4v) is 1.87. The van der Waals surface area contributed by atoms with Gasteiger partial charge in [0.05, 0.1) is 12.3 Å². The third kappa shape index (κ3) is 2.94. The Morgan fingerprint density at radius 3 is 2.56 bits per heavy atom. The predicted molar refractivity (Wildman–Crippen MR) is 66.9 cm³/mol. The maximum atomic E-state index is 9.27. The lowest BCUT2D eigenvalue weighted by atomic mass is 10.1. The Labute approximate surface area is 106 Å². The van der Waals surface area contributed by atoms with E-state index in [0.717, 1.165) is 11.3 Å². The molecule has 0 bridgehead atoms. The van der Waals surface area contributed by atoms with E-state index < -0.39 is 0 Å². The smallest absolute Gasteiger partial charge is 0.112 e. The van der Waals surface area contributed by atoms with Crippen molar-refractivity contribution in [2.75, 3.05) is 6.61 Å². The van der Waals surface area contributed by atoms with Gasteiger partial charge in [0, 0.05) is 19.6 Å². The highest BCUT2D eigenvalue weighted by Gasteiger charge is 2.12. The summed E-state index contributed by atoms with van der Waals surface area (Å²) in [5.74, 6) is 0. The van der Waals surface area contributed by atoms with E-state index in [0.29, 0.717) is 25.1 Å². The normalized spacial score (nSPS) is 10.8. The average Bonchev–Trinajstić information content (AvgIpc) is 2.80. The van der Waals surface area contributed by atoms with Crippen LogP contribution in [0.5, 0.6) is 0 Å². The zero-order chi connectivity index (χ0) is 12.8. The summed E-state index contributed by atoms with van der Waals surface area (Å²) in [6.45, 7) is 0.631. The van der Waals surface area contributed by atoms with E-state index in [1.54, 1.807) is 4.68 Å². The van der Waals surface area contributed by atoms with Crippen molar-refractivity contribution >= 4 is 0 Å². The number of nitrogens with zero attached hydrogens (tertiary/aromatic N) is 3. The molecule has 0 aliphatic rings. The molecule has 2 rings (SSSR count). The molecule has 0 amide bonds. The molecule has 5 heteroatoms. The van der Waals surface area contributed by atoms with Crippen molar-refractivity contribution in [2.45, 2.75) is 26.0 Å². The molecule has 1 heterocycles. The van der Waals surface area contributed by atoms with Crippen molar-refractivity contribution in [3.8, 4) is 0 Å². The zero-order valence-corrected chi connectivity index (χ0v) is 10.2. The van der Waals surface area contributed by atoms with E-state index in [1.807, 2.05) is 30.3 Å². The van der Waals surface area contributed by atoms with Gasteiger partial charge in [-0.1, -0.05) is 35.5 Å². The van der Waals surface area contributed by atoms with Gasteiger partial charge in [-0.2, -0.15) is 0 Å². The van der Waals surface area contributed by atoms with Gasteiger partial charge < -0.3 is 10.2 Å². The first-order valence-corrected chi connectivity index (χ1v) is 6.02. The van der Waals surface area contributed by atoms with Crippen LogP contribution in [-0.4, -0.2) is 31.8 Å². The van der Waals surface area contributed by atoms with Crippen LogP contribution in [0.2, 0.25) is 0 Å². The molecule has 0 fully saturated rings. The first-order chi connectivity index (χ1) is 8.85. The van der Waals surface area contributed by atoms with Crippen LogP contribution in [0.3, 0.4) is 0 Å². The van der Waals surface area contributed by atoms with Gasteiger partial charge in [-0.25, -0.2) is 4.68 Å². The Morgan fingerprint density at radius 1 is 1.11 bits per heavy atom. The maximum Gasteiger partial charge on any atom is 0.112 e. The molecule has 0 aliphatic heterocycles. The summed E-state index contributed by atoms with van der Waals surface area (Å²) in [5.41, 5.74) is 2.67. The molecule has 5 nitrogen and oxygen atoms in total. The Bertz CT molecular complexity index is 482. The van der Waals surface area contributed by atoms with Gasteiger partial charge in [-0.3, -0.25) is 0 Å². The predicted octanol–water partition coefficient (Wildman–Crippen LogP) is 0.744. The Balaban J connectivity index is 2.21. The van der Waals surface area contributed by atoms with Gasteiger partial charge in [0.2, 0.25) is 0 Å². The Kier molecular flexibility index (Phi) is 4.44. The summed E-state index contributed by atoms with van der Waals surface area (Å²) >= 11 is 0. The molecule has 0 atom stereocenters. The van der Waals surface area contributed by atoms with Crippen molar-refractivity contribution in [3.63, 3.8) is 0 Å². The highest BCUT2D eigenvalue weighted by Crippen LogP contribution is 2.13. The third-order valence-corrected chi connectivity index (χ3v) is 2.81. The molecule has 0 saturated carbocycles. The molecule has 96 valence electrons. The van der Waals surface area contributed by atoms with Crippen molar-refractivity contribution < 1.29 is 10.2 Å². The van der Waals surface area contributed by atoms with E-state index in [2.05, 4.69) is 10.3 Å². The number of rotatable bonds is 6. The minimum Gasteiger partial charge on any atom is -0.396 e. The number of aromatic nitrogens is 3. The minimum absolute atomic E-state index is 0.110. The standard InChI is InChI=1S/C13H17N3O2/c17-8-4-7-16-13(12(10-18)14-15-16)9-11-5-2-1-3-6-11/h1-3,5-6,17-18H,4,7-10H2. The summed E-state index contributed by atoms with van der Waals surface area (Å²) < 4.78 is 1.76. The van der Waals surface area contributed by atoms with Crippen LogP contribution in [0.4, 0.5) is 0 Å². The maximum absolute atomic E-state index is 9.27. The highest BCUT2D eigenvalue weighted by molar-refractivity contribution is 5.23. The number of benzene rings is 1. The lowest BCUT2D eigenvalue weighted by Crippen LogP contribution is -2.08. The summed E-state index contributed by atoms with van der Waals surface area (Å²) in [5, 5.41) is 26.1. The van der Waals surface area contributed by atoms with Gasteiger partial charge in [0.25, 0.3) is 0 Å². The molecule has 2 aromatic rings. The van der Waals surface area contributed by atoms with Crippen molar-refractivity contribution in [1.29, 1.82) is 0 Å². The quantitative estimate of drug-likeness (QED) is 0.790. The third-order valence-electron chi connectivity index (χ3n) is 2.81. The lowest BCUT2D eigenvalue weighted by Gasteiger charge is -2.07. The Hall–Kier alpha value is -1.72. The van der Waals surface area contributed by atoms with Crippen LogP contribution in [0.25, 0.3) is 0 Å². The number of hydrogen-bond donors (Lipinski definition) is 2. The van der Waals surface area contributed by atoms with Gasteiger partial charge in [0.15, 0.2) is 0 Å². The average molecular weight is 247 g/mol. The first kappa shape index (κ1) is 12.7. The van der Waals surface area contributed by atoms with Gasteiger partial charge in [0.1, 0.15) is 5.69 Å². The molecule has 0 saturated heterocycles. The summed E-state index contributed by atoms with van der Waals surface area (Å²) in [7, 11) is 0. The van der Waals surface area contributed by atoms with E-state index in [9.17, 15) is 5.11 Å². The van der Waals surface area contributed by atoms with E-state index in [-0.39, 0.29) is 13.2 Å². The lowest BCUT2D eigenvalue weighted by molar-refractivity contribution is 0.273. The molecular weight excluding hydrogens is 230 g/mol. The SMILES string of the molecule is OCCCn1nnc(CO)c1Cc1ccccc1. The molecule has 0 radical (unpaired) electrons. The number of aliphatic hydroxyl groups is 2. The fourth-order valence-electron chi connectivity index (χ4n) is 1.87. The summed E-state index contributed by atoms with van der Waals surface area (Å²) in [6.07, 6.45) is 1.32. The van der Waals surface area contributed by atoms with Crippen molar-refractivity contribution in [3.05, 3.63) is 47.3 Å². The summed E-state index contributed by atoms with van der Waals surface area (Å²) in [4.78, 5) is 0. The van der Waals surface area contributed by atoms with E-state index >= 15 is 0 Å². The first-order valence-electron chi connectivity index (χ1n) is 6.02. The molecule has 2 N–H and O–H groups in total. The molecule has 18 heavy (non-hydrogen) atoms.